The number of halogens is 1. The summed E-state index contributed by atoms with van der Waals surface area (Å²) in [5, 5.41) is 7.77. The van der Waals surface area contributed by atoms with Crippen LogP contribution in [-0.2, 0) is 0 Å². The highest BCUT2D eigenvalue weighted by Crippen LogP contribution is 2.18. The van der Waals surface area contributed by atoms with Gasteiger partial charge in [-0.25, -0.2) is 9.07 Å². The largest absolute Gasteiger partial charge is 0.320 e. The number of hydrogen-bond donors (Lipinski definition) is 1. The average molecular weight is 339 g/mol. The predicted molar refractivity (Wildman–Crippen MR) is 95.5 cm³/mol. The number of amides is 1. The van der Waals surface area contributed by atoms with Crippen LogP contribution in [0.4, 0.5) is 10.1 Å². The summed E-state index contributed by atoms with van der Waals surface area (Å²) in [6.45, 7) is 5.29. The second-order valence-electron chi connectivity index (χ2n) is 6.16. The molecule has 5 nitrogen and oxygen atoms in total. The highest BCUT2D eigenvalue weighted by Gasteiger charge is 2.18. The van der Waals surface area contributed by atoms with Crippen LogP contribution in [0.1, 0.15) is 35.9 Å². The fourth-order valence-electron chi connectivity index (χ4n) is 2.59. The summed E-state index contributed by atoms with van der Waals surface area (Å²) >= 11 is 0. The zero-order chi connectivity index (χ0) is 18.1. The number of fused-ring (bicyclic) bond motifs is 1. The van der Waals surface area contributed by atoms with Crippen molar-refractivity contribution in [1.29, 1.82) is 0 Å². The predicted octanol–water partition coefficient (Wildman–Crippen LogP) is 3.68. The van der Waals surface area contributed by atoms with Crippen LogP contribution in [0.3, 0.4) is 0 Å². The van der Waals surface area contributed by atoms with Crippen molar-refractivity contribution in [3.63, 3.8) is 0 Å². The first kappa shape index (κ1) is 16.8. The van der Waals surface area contributed by atoms with Gasteiger partial charge in [0.2, 0.25) is 0 Å². The molecule has 0 aliphatic heterocycles. The third-order valence-electron chi connectivity index (χ3n) is 3.96. The molecule has 0 radical (unpaired) electrons. The molecule has 3 rings (SSSR count). The maximum atomic E-state index is 13.7. The number of aryl methyl sites for hydroxylation is 1. The number of hydrogen-bond acceptors (Lipinski definition) is 3. The smallest absolute Gasteiger partial charge is 0.276 e. The quantitative estimate of drug-likeness (QED) is 0.792. The number of nitrogens with zero attached hydrogens (tertiary/aromatic N) is 2. The first-order valence-electron chi connectivity index (χ1n) is 7.97. The van der Waals surface area contributed by atoms with Gasteiger partial charge in [-0.15, -0.1) is 0 Å². The molecule has 6 heteroatoms. The number of nitrogens with one attached hydrogen (secondary N) is 1. The van der Waals surface area contributed by atoms with Gasteiger partial charge in [0.15, 0.2) is 5.69 Å². The summed E-state index contributed by atoms with van der Waals surface area (Å²) in [7, 11) is 0. The number of carbonyl (C=O) groups is 1. The van der Waals surface area contributed by atoms with Crippen molar-refractivity contribution >= 4 is 22.4 Å². The lowest BCUT2D eigenvalue weighted by atomic mass is 10.1. The average Bonchev–Trinajstić information content (AvgIpc) is 2.58. The van der Waals surface area contributed by atoms with Gasteiger partial charge in [-0.05, 0) is 44.5 Å². The standard InChI is InChI=1S/C19H18FN3O2/c1-11(2)23-19(25)15-7-5-4-6-14(15)17(22-23)18(24)21-13-9-8-12(3)16(20)10-13/h4-11H,1-3H3,(H,21,24). The molecule has 0 unspecified atom stereocenters. The number of benzene rings is 2. The summed E-state index contributed by atoms with van der Waals surface area (Å²) < 4.78 is 15.0. The Morgan fingerprint density at radius 2 is 1.84 bits per heavy atom. The fraction of sp³-hybridized carbons (Fsp3) is 0.211. The number of anilines is 1. The van der Waals surface area contributed by atoms with E-state index in [1.807, 2.05) is 13.8 Å². The van der Waals surface area contributed by atoms with Crippen molar-refractivity contribution in [2.75, 3.05) is 5.32 Å². The molecule has 25 heavy (non-hydrogen) atoms. The van der Waals surface area contributed by atoms with Crippen molar-refractivity contribution in [2.24, 2.45) is 0 Å². The van der Waals surface area contributed by atoms with Crippen LogP contribution in [0.15, 0.2) is 47.3 Å². The Labute approximate surface area is 144 Å². The Hall–Kier alpha value is -3.02. The maximum absolute atomic E-state index is 13.7. The number of carbonyl (C=O) groups excluding carboxylic acids is 1. The van der Waals surface area contributed by atoms with Crippen LogP contribution in [0.2, 0.25) is 0 Å². The molecule has 0 saturated carbocycles. The molecule has 1 amide bonds. The van der Waals surface area contributed by atoms with Gasteiger partial charge in [0, 0.05) is 11.1 Å². The molecule has 0 spiro atoms. The van der Waals surface area contributed by atoms with Gasteiger partial charge in [0.05, 0.1) is 11.4 Å². The lowest BCUT2D eigenvalue weighted by molar-refractivity contribution is 0.102. The lowest BCUT2D eigenvalue weighted by Gasteiger charge is -2.13. The third-order valence-corrected chi connectivity index (χ3v) is 3.96. The van der Waals surface area contributed by atoms with E-state index in [2.05, 4.69) is 10.4 Å². The minimum atomic E-state index is -0.492. The lowest BCUT2D eigenvalue weighted by Crippen LogP contribution is -2.28. The van der Waals surface area contributed by atoms with E-state index in [4.69, 9.17) is 0 Å². The van der Waals surface area contributed by atoms with E-state index in [0.29, 0.717) is 22.0 Å². The molecule has 0 atom stereocenters. The highest BCUT2D eigenvalue weighted by atomic mass is 19.1. The van der Waals surface area contributed by atoms with Crippen molar-refractivity contribution in [3.05, 3.63) is 69.9 Å². The summed E-state index contributed by atoms with van der Waals surface area (Å²) in [6.07, 6.45) is 0. The fourth-order valence-corrected chi connectivity index (χ4v) is 2.59. The third kappa shape index (κ3) is 3.15. The van der Waals surface area contributed by atoms with E-state index >= 15 is 0 Å². The minimum absolute atomic E-state index is 0.130. The van der Waals surface area contributed by atoms with E-state index < -0.39 is 11.7 Å². The van der Waals surface area contributed by atoms with Gasteiger partial charge in [-0.1, -0.05) is 24.3 Å². The summed E-state index contributed by atoms with van der Waals surface area (Å²) in [4.78, 5) is 25.2. The highest BCUT2D eigenvalue weighted by molar-refractivity contribution is 6.11. The van der Waals surface area contributed by atoms with Gasteiger partial charge in [-0.2, -0.15) is 5.10 Å². The molecule has 1 N–H and O–H groups in total. The Kier molecular flexibility index (Phi) is 4.35. The summed E-state index contributed by atoms with van der Waals surface area (Å²) in [5.74, 6) is -0.892. The molecule has 0 aliphatic rings. The van der Waals surface area contributed by atoms with Crippen LogP contribution < -0.4 is 10.9 Å². The van der Waals surface area contributed by atoms with E-state index in [-0.39, 0.29) is 17.3 Å². The van der Waals surface area contributed by atoms with E-state index in [1.54, 1.807) is 43.3 Å². The Bertz CT molecular complexity index is 1020. The molecule has 0 bridgehead atoms. The van der Waals surface area contributed by atoms with Crippen molar-refractivity contribution < 1.29 is 9.18 Å². The number of rotatable bonds is 3. The first-order valence-corrected chi connectivity index (χ1v) is 7.97. The van der Waals surface area contributed by atoms with E-state index in [9.17, 15) is 14.0 Å². The second-order valence-corrected chi connectivity index (χ2v) is 6.16. The van der Waals surface area contributed by atoms with E-state index in [1.165, 1.54) is 10.7 Å². The van der Waals surface area contributed by atoms with Crippen molar-refractivity contribution in [1.82, 2.24) is 9.78 Å². The normalized spacial score (nSPS) is 11.1. The number of aromatic nitrogens is 2. The minimum Gasteiger partial charge on any atom is -0.320 e. The first-order chi connectivity index (χ1) is 11.9. The van der Waals surface area contributed by atoms with Crippen molar-refractivity contribution in [3.8, 4) is 0 Å². The molecule has 1 heterocycles. The van der Waals surface area contributed by atoms with Crippen LogP contribution in [-0.4, -0.2) is 15.7 Å². The summed E-state index contributed by atoms with van der Waals surface area (Å²) in [6, 6.07) is 11.1. The van der Waals surface area contributed by atoms with Gasteiger partial charge in [0.25, 0.3) is 11.5 Å². The monoisotopic (exact) mass is 339 g/mol. The Morgan fingerprint density at radius 3 is 2.48 bits per heavy atom. The molecular formula is C19H18FN3O2. The molecule has 0 saturated heterocycles. The van der Waals surface area contributed by atoms with Gasteiger partial charge >= 0.3 is 0 Å². The SMILES string of the molecule is Cc1ccc(NC(=O)c2nn(C(C)C)c(=O)c3ccccc23)cc1F. The van der Waals surface area contributed by atoms with Crippen LogP contribution in [0.25, 0.3) is 10.8 Å². The molecule has 0 fully saturated rings. The molecule has 3 aromatic rings. The van der Waals surface area contributed by atoms with Gasteiger partial charge in [0.1, 0.15) is 5.82 Å². The van der Waals surface area contributed by atoms with E-state index in [0.717, 1.165) is 0 Å². The Morgan fingerprint density at radius 1 is 1.16 bits per heavy atom. The Balaban J connectivity index is 2.10. The summed E-state index contributed by atoms with van der Waals surface area (Å²) in [5.41, 5.74) is 0.713. The van der Waals surface area contributed by atoms with Crippen LogP contribution in [0, 0.1) is 12.7 Å². The van der Waals surface area contributed by atoms with Crippen LogP contribution >= 0.6 is 0 Å². The zero-order valence-electron chi connectivity index (χ0n) is 14.2. The molecule has 1 aromatic heterocycles. The zero-order valence-corrected chi connectivity index (χ0v) is 14.2. The molecule has 0 aliphatic carbocycles. The van der Waals surface area contributed by atoms with Gasteiger partial charge in [-0.3, -0.25) is 9.59 Å². The maximum Gasteiger partial charge on any atom is 0.276 e. The molecule has 128 valence electrons. The molecule has 2 aromatic carbocycles. The topological polar surface area (TPSA) is 64.0 Å². The molecular weight excluding hydrogens is 321 g/mol. The van der Waals surface area contributed by atoms with Crippen LogP contribution in [0.5, 0.6) is 0 Å². The second kappa shape index (κ2) is 6.47. The van der Waals surface area contributed by atoms with Crippen molar-refractivity contribution in [2.45, 2.75) is 26.8 Å². The van der Waals surface area contributed by atoms with Gasteiger partial charge < -0.3 is 5.32 Å².